The number of nitrogens with one attached hydrogen (secondary N) is 1. The third-order valence-corrected chi connectivity index (χ3v) is 5.02. The summed E-state index contributed by atoms with van der Waals surface area (Å²) in [7, 11) is 1.62. The van der Waals surface area contributed by atoms with Gasteiger partial charge in [-0.1, -0.05) is 28.9 Å². The predicted molar refractivity (Wildman–Crippen MR) is 108 cm³/mol. The minimum Gasteiger partial charge on any atom is -0.350 e. The Morgan fingerprint density at radius 1 is 1.21 bits per heavy atom. The zero-order chi connectivity index (χ0) is 20.5. The first kappa shape index (κ1) is 18.9. The molecule has 4 rings (SSSR count). The van der Waals surface area contributed by atoms with Crippen molar-refractivity contribution in [1.29, 1.82) is 0 Å². The summed E-state index contributed by atoms with van der Waals surface area (Å²) in [5.74, 6) is -0.0128. The van der Waals surface area contributed by atoms with Crippen LogP contribution >= 0.6 is 0 Å². The predicted octanol–water partition coefficient (Wildman–Crippen LogP) is 4.29. The van der Waals surface area contributed by atoms with Gasteiger partial charge in [0.1, 0.15) is 11.5 Å². The van der Waals surface area contributed by atoms with Gasteiger partial charge in [-0.25, -0.2) is 4.39 Å². The number of aromatic amines is 1. The zero-order valence-electron chi connectivity index (χ0n) is 16.5. The van der Waals surface area contributed by atoms with Crippen LogP contribution in [0.1, 0.15) is 27.3 Å². The third-order valence-electron chi connectivity index (χ3n) is 5.02. The van der Waals surface area contributed by atoms with Crippen LogP contribution < -0.4 is 0 Å². The van der Waals surface area contributed by atoms with Crippen molar-refractivity contribution in [2.24, 2.45) is 0 Å². The van der Waals surface area contributed by atoms with Crippen LogP contribution in [0, 0.1) is 19.7 Å². The standard InChI is InChI=1S/C22H21FN4O2/c1-13-8-9-18-16(12-13)14(2)20(24-18)21-25-19(26-29-21)10-11-27(3)22(28)15-6-4-5-7-17(15)23/h4-9,12,24H,10-11H2,1-3H3. The monoisotopic (exact) mass is 392 g/mol. The van der Waals surface area contributed by atoms with Crippen LogP contribution in [-0.2, 0) is 6.42 Å². The number of benzene rings is 2. The molecule has 0 spiro atoms. The van der Waals surface area contributed by atoms with Crippen LogP contribution in [-0.4, -0.2) is 39.5 Å². The van der Waals surface area contributed by atoms with Crippen LogP contribution in [0.15, 0.2) is 47.0 Å². The Morgan fingerprint density at radius 3 is 2.79 bits per heavy atom. The zero-order valence-corrected chi connectivity index (χ0v) is 16.5. The van der Waals surface area contributed by atoms with Crippen molar-refractivity contribution in [2.45, 2.75) is 20.3 Å². The summed E-state index contributed by atoms with van der Waals surface area (Å²) in [5, 5.41) is 5.15. The first-order chi connectivity index (χ1) is 13.9. The van der Waals surface area contributed by atoms with Gasteiger partial charge in [-0.3, -0.25) is 4.79 Å². The molecule has 4 aromatic rings. The first-order valence-electron chi connectivity index (χ1n) is 9.36. The fourth-order valence-corrected chi connectivity index (χ4v) is 3.32. The lowest BCUT2D eigenvalue weighted by Gasteiger charge is -2.16. The summed E-state index contributed by atoms with van der Waals surface area (Å²) < 4.78 is 19.2. The minimum atomic E-state index is -0.532. The van der Waals surface area contributed by atoms with Crippen LogP contribution in [0.4, 0.5) is 4.39 Å². The van der Waals surface area contributed by atoms with Gasteiger partial charge in [-0.15, -0.1) is 0 Å². The summed E-state index contributed by atoms with van der Waals surface area (Å²) in [4.78, 5) is 21.6. The quantitative estimate of drug-likeness (QED) is 0.550. The largest absolute Gasteiger partial charge is 0.350 e. The number of halogens is 1. The fraction of sp³-hybridized carbons (Fsp3) is 0.227. The van der Waals surface area contributed by atoms with E-state index in [0.29, 0.717) is 24.7 Å². The molecule has 0 unspecified atom stereocenters. The molecule has 0 aliphatic carbocycles. The van der Waals surface area contributed by atoms with Gasteiger partial charge >= 0.3 is 0 Å². The van der Waals surface area contributed by atoms with Crippen LogP contribution in [0.25, 0.3) is 22.5 Å². The van der Waals surface area contributed by atoms with Crippen molar-refractivity contribution >= 4 is 16.8 Å². The normalized spacial score (nSPS) is 11.2. The fourth-order valence-electron chi connectivity index (χ4n) is 3.32. The molecule has 0 bridgehead atoms. The molecule has 7 heteroatoms. The van der Waals surface area contributed by atoms with E-state index in [4.69, 9.17) is 4.52 Å². The molecule has 2 heterocycles. The summed E-state index contributed by atoms with van der Waals surface area (Å²) in [6.45, 7) is 4.41. The van der Waals surface area contributed by atoms with Gasteiger partial charge in [0.25, 0.3) is 11.8 Å². The number of aryl methyl sites for hydroxylation is 2. The molecule has 1 N–H and O–H groups in total. The van der Waals surface area contributed by atoms with E-state index in [9.17, 15) is 9.18 Å². The molecule has 0 saturated carbocycles. The number of nitrogens with zero attached hydrogens (tertiary/aromatic N) is 3. The Bertz CT molecular complexity index is 1190. The molecule has 2 aromatic heterocycles. The Kier molecular flexibility index (Phi) is 4.88. The maximum absolute atomic E-state index is 13.8. The number of rotatable bonds is 5. The number of hydrogen-bond acceptors (Lipinski definition) is 4. The molecule has 0 fully saturated rings. The lowest BCUT2D eigenvalue weighted by Crippen LogP contribution is -2.29. The Morgan fingerprint density at radius 2 is 2.00 bits per heavy atom. The second-order valence-electron chi connectivity index (χ2n) is 7.15. The van der Waals surface area contributed by atoms with Gasteiger partial charge in [-0.05, 0) is 43.7 Å². The first-order valence-corrected chi connectivity index (χ1v) is 9.36. The van der Waals surface area contributed by atoms with Gasteiger partial charge in [0.15, 0.2) is 5.82 Å². The van der Waals surface area contributed by atoms with Crippen molar-refractivity contribution in [1.82, 2.24) is 20.0 Å². The van der Waals surface area contributed by atoms with E-state index in [1.54, 1.807) is 19.2 Å². The van der Waals surface area contributed by atoms with Gasteiger partial charge in [0, 0.05) is 30.9 Å². The van der Waals surface area contributed by atoms with Crippen molar-refractivity contribution in [2.75, 3.05) is 13.6 Å². The third kappa shape index (κ3) is 3.63. The summed E-state index contributed by atoms with van der Waals surface area (Å²) in [6.07, 6.45) is 0.401. The number of carbonyl (C=O) groups is 1. The van der Waals surface area contributed by atoms with Gasteiger partial charge in [0.05, 0.1) is 5.56 Å². The number of H-pyrrole nitrogens is 1. The Balaban J connectivity index is 1.48. The summed E-state index contributed by atoms with van der Waals surface area (Å²) in [6, 6.07) is 12.1. The number of likely N-dealkylation sites (N-methyl/N-ethyl adjacent to an activating group) is 1. The molecule has 0 saturated heterocycles. The molecule has 0 radical (unpaired) electrons. The molecule has 0 atom stereocenters. The molecular weight excluding hydrogens is 371 g/mol. The number of amides is 1. The van der Waals surface area contributed by atoms with Gasteiger partial charge < -0.3 is 14.4 Å². The van der Waals surface area contributed by atoms with Gasteiger partial charge in [0.2, 0.25) is 0 Å². The molecule has 6 nitrogen and oxygen atoms in total. The van der Waals surface area contributed by atoms with Crippen molar-refractivity contribution in [3.8, 4) is 11.6 Å². The molecular formula is C22H21FN4O2. The highest BCUT2D eigenvalue weighted by Gasteiger charge is 2.18. The maximum atomic E-state index is 13.8. The number of hydrogen-bond donors (Lipinski definition) is 1. The highest BCUT2D eigenvalue weighted by Crippen LogP contribution is 2.29. The van der Waals surface area contributed by atoms with Crippen molar-refractivity contribution in [3.05, 3.63) is 70.8 Å². The lowest BCUT2D eigenvalue weighted by atomic mass is 10.1. The average molecular weight is 392 g/mol. The SMILES string of the molecule is Cc1ccc2[nH]c(-c3nc(CCN(C)C(=O)c4ccccc4F)no3)c(C)c2c1. The van der Waals surface area contributed by atoms with Crippen LogP contribution in [0.5, 0.6) is 0 Å². The molecule has 148 valence electrons. The van der Waals surface area contributed by atoms with E-state index in [2.05, 4.69) is 28.1 Å². The smallest absolute Gasteiger partial charge is 0.274 e. The molecule has 0 aliphatic rings. The van der Waals surface area contributed by atoms with E-state index < -0.39 is 5.82 Å². The number of fused-ring (bicyclic) bond motifs is 1. The Hall–Kier alpha value is -3.48. The number of aromatic nitrogens is 3. The molecule has 2 aromatic carbocycles. The van der Waals surface area contributed by atoms with E-state index in [-0.39, 0.29) is 11.5 Å². The van der Waals surface area contributed by atoms with Crippen LogP contribution in [0.2, 0.25) is 0 Å². The Labute approximate surface area is 167 Å². The average Bonchev–Trinajstić information content (AvgIpc) is 3.31. The number of carbonyl (C=O) groups excluding carboxylic acids is 1. The van der Waals surface area contributed by atoms with E-state index in [1.807, 2.05) is 19.1 Å². The van der Waals surface area contributed by atoms with Crippen molar-refractivity contribution < 1.29 is 13.7 Å². The summed E-state index contributed by atoms with van der Waals surface area (Å²) >= 11 is 0. The highest BCUT2D eigenvalue weighted by atomic mass is 19.1. The second-order valence-corrected chi connectivity index (χ2v) is 7.15. The van der Waals surface area contributed by atoms with Crippen molar-refractivity contribution in [3.63, 3.8) is 0 Å². The highest BCUT2D eigenvalue weighted by molar-refractivity contribution is 5.94. The maximum Gasteiger partial charge on any atom is 0.274 e. The lowest BCUT2D eigenvalue weighted by molar-refractivity contribution is 0.0791. The van der Waals surface area contributed by atoms with Crippen LogP contribution in [0.3, 0.4) is 0 Å². The van der Waals surface area contributed by atoms with E-state index in [1.165, 1.54) is 22.6 Å². The summed E-state index contributed by atoms with van der Waals surface area (Å²) in [5.41, 5.74) is 4.08. The van der Waals surface area contributed by atoms with E-state index >= 15 is 0 Å². The molecule has 1 amide bonds. The molecule has 0 aliphatic heterocycles. The second kappa shape index (κ2) is 7.50. The van der Waals surface area contributed by atoms with Gasteiger partial charge in [-0.2, -0.15) is 4.98 Å². The minimum absolute atomic E-state index is 0.0489. The van der Waals surface area contributed by atoms with E-state index in [0.717, 1.165) is 22.2 Å². The topological polar surface area (TPSA) is 75.0 Å². The molecule has 29 heavy (non-hydrogen) atoms.